The number of nitrogens with zero attached hydrogens (tertiary/aromatic N) is 1. The van der Waals surface area contributed by atoms with Gasteiger partial charge in [-0.1, -0.05) is 12.1 Å². The molecule has 1 heterocycles. The van der Waals surface area contributed by atoms with E-state index in [9.17, 15) is 17.6 Å². The van der Waals surface area contributed by atoms with Crippen LogP contribution in [-0.4, -0.2) is 36.9 Å². The van der Waals surface area contributed by atoms with Gasteiger partial charge in [0, 0.05) is 13.1 Å². The second-order valence-electron chi connectivity index (χ2n) is 5.33. The van der Waals surface area contributed by atoms with E-state index >= 15 is 0 Å². The van der Waals surface area contributed by atoms with Crippen LogP contribution in [0, 0.1) is 11.2 Å². The van der Waals surface area contributed by atoms with Crippen molar-refractivity contribution in [2.24, 2.45) is 5.41 Å². The number of carbonyl (C=O) groups is 1. The smallest absolute Gasteiger partial charge is 0.310 e. The lowest BCUT2D eigenvalue weighted by Crippen LogP contribution is -2.35. The normalized spacial score (nSPS) is 23.9. The summed E-state index contributed by atoms with van der Waals surface area (Å²) in [6.07, 6.45) is 0.297. The number of carboxylic acid groups (broad SMARTS) is 1. The number of halogens is 1. The molecule has 1 unspecified atom stereocenters. The van der Waals surface area contributed by atoms with Gasteiger partial charge in [-0.15, -0.1) is 0 Å². The predicted octanol–water partition coefficient (Wildman–Crippen LogP) is 1.45. The molecular weight excluding hydrogens is 285 g/mol. The third-order valence-electron chi connectivity index (χ3n) is 3.61. The van der Waals surface area contributed by atoms with E-state index in [1.807, 2.05) is 0 Å². The highest BCUT2D eigenvalue weighted by Gasteiger charge is 2.44. The van der Waals surface area contributed by atoms with Crippen molar-refractivity contribution >= 4 is 16.0 Å². The average Bonchev–Trinajstić information content (AvgIpc) is 2.77. The summed E-state index contributed by atoms with van der Waals surface area (Å²) < 4.78 is 38.5. The van der Waals surface area contributed by atoms with Crippen LogP contribution in [-0.2, 0) is 20.6 Å². The first kappa shape index (κ1) is 14.9. The quantitative estimate of drug-likeness (QED) is 0.913. The van der Waals surface area contributed by atoms with E-state index in [2.05, 4.69) is 0 Å². The van der Waals surface area contributed by atoms with Gasteiger partial charge in [-0.3, -0.25) is 4.79 Å². The molecule has 1 N–H and O–H groups in total. The highest BCUT2D eigenvalue weighted by atomic mass is 32.2. The molecule has 1 aliphatic heterocycles. The van der Waals surface area contributed by atoms with Crippen molar-refractivity contribution in [2.45, 2.75) is 19.1 Å². The molecule has 0 aromatic heterocycles. The summed E-state index contributed by atoms with van der Waals surface area (Å²) in [7, 11) is -3.58. The van der Waals surface area contributed by atoms with Crippen LogP contribution in [0.4, 0.5) is 4.39 Å². The summed E-state index contributed by atoms with van der Waals surface area (Å²) >= 11 is 0. The lowest BCUT2D eigenvalue weighted by atomic mass is 9.90. The Labute approximate surface area is 117 Å². The molecule has 20 heavy (non-hydrogen) atoms. The number of aliphatic carboxylic acids is 1. The number of sulfonamides is 1. The Balaban J connectivity index is 2.12. The van der Waals surface area contributed by atoms with E-state index in [1.165, 1.54) is 28.6 Å². The van der Waals surface area contributed by atoms with Crippen LogP contribution in [0.2, 0.25) is 0 Å². The van der Waals surface area contributed by atoms with Gasteiger partial charge < -0.3 is 5.11 Å². The van der Waals surface area contributed by atoms with Crippen LogP contribution in [0.1, 0.15) is 18.9 Å². The van der Waals surface area contributed by atoms with Crippen molar-refractivity contribution in [1.29, 1.82) is 0 Å². The second kappa shape index (κ2) is 5.14. The minimum atomic E-state index is -3.58. The Morgan fingerprint density at radius 1 is 1.40 bits per heavy atom. The standard InChI is InChI=1S/C13H16FNO4S/c1-13(12(16)17)6-7-15(9-13)20(18,19)8-10-2-4-11(14)5-3-10/h2-5H,6-9H2,1H3,(H,16,17). The van der Waals surface area contributed by atoms with Crippen LogP contribution in [0.3, 0.4) is 0 Å². The van der Waals surface area contributed by atoms with Crippen LogP contribution in [0.15, 0.2) is 24.3 Å². The summed E-state index contributed by atoms with van der Waals surface area (Å²) in [5.41, 5.74) is -0.550. The van der Waals surface area contributed by atoms with E-state index in [1.54, 1.807) is 6.92 Å². The summed E-state index contributed by atoms with van der Waals surface area (Å²) in [5.74, 6) is -1.66. The molecule has 1 aromatic carbocycles. The molecule has 0 bridgehead atoms. The summed E-state index contributed by atoms with van der Waals surface area (Å²) in [4.78, 5) is 11.1. The van der Waals surface area contributed by atoms with E-state index < -0.39 is 27.2 Å². The van der Waals surface area contributed by atoms with E-state index in [0.29, 0.717) is 12.0 Å². The fourth-order valence-electron chi connectivity index (χ4n) is 2.21. The van der Waals surface area contributed by atoms with Crippen molar-refractivity contribution in [3.8, 4) is 0 Å². The Hall–Kier alpha value is -1.47. The number of hydrogen-bond acceptors (Lipinski definition) is 3. The van der Waals surface area contributed by atoms with Crippen LogP contribution in [0.25, 0.3) is 0 Å². The lowest BCUT2D eigenvalue weighted by molar-refractivity contribution is -0.146. The Bertz CT molecular complexity index is 614. The van der Waals surface area contributed by atoms with Gasteiger partial charge in [0.2, 0.25) is 10.0 Å². The van der Waals surface area contributed by atoms with Crippen LogP contribution >= 0.6 is 0 Å². The van der Waals surface area contributed by atoms with Gasteiger partial charge in [-0.05, 0) is 31.0 Å². The van der Waals surface area contributed by atoms with Gasteiger partial charge >= 0.3 is 5.97 Å². The van der Waals surface area contributed by atoms with Gasteiger partial charge in [0.25, 0.3) is 0 Å². The van der Waals surface area contributed by atoms with Crippen molar-refractivity contribution in [2.75, 3.05) is 13.1 Å². The maximum absolute atomic E-state index is 12.8. The fourth-order valence-corrected chi connectivity index (χ4v) is 3.86. The highest BCUT2D eigenvalue weighted by Crippen LogP contribution is 2.32. The van der Waals surface area contributed by atoms with Crippen molar-refractivity contribution in [1.82, 2.24) is 4.31 Å². The summed E-state index contributed by atoms with van der Waals surface area (Å²) in [5, 5.41) is 9.11. The van der Waals surface area contributed by atoms with Crippen LogP contribution in [0.5, 0.6) is 0 Å². The molecule has 7 heteroatoms. The van der Waals surface area contributed by atoms with Crippen LogP contribution < -0.4 is 0 Å². The molecule has 5 nitrogen and oxygen atoms in total. The zero-order valence-corrected chi connectivity index (χ0v) is 11.9. The van der Waals surface area contributed by atoms with Gasteiger partial charge in [-0.2, -0.15) is 0 Å². The van der Waals surface area contributed by atoms with Gasteiger partial charge in [-0.25, -0.2) is 17.1 Å². The zero-order valence-electron chi connectivity index (χ0n) is 11.0. The van der Waals surface area contributed by atoms with Crippen molar-refractivity contribution in [3.63, 3.8) is 0 Å². The SMILES string of the molecule is CC1(C(=O)O)CCN(S(=O)(=O)Cc2ccc(F)cc2)C1. The minimum Gasteiger partial charge on any atom is -0.481 e. The molecule has 0 saturated carbocycles. The number of benzene rings is 1. The largest absolute Gasteiger partial charge is 0.481 e. The number of hydrogen-bond donors (Lipinski definition) is 1. The maximum Gasteiger partial charge on any atom is 0.310 e. The summed E-state index contributed by atoms with van der Waals surface area (Å²) in [6, 6.07) is 5.24. The number of carboxylic acids is 1. The average molecular weight is 301 g/mol. The van der Waals surface area contributed by atoms with Gasteiger partial charge in [0.1, 0.15) is 5.82 Å². The first-order valence-corrected chi connectivity index (χ1v) is 7.79. The lowest BCUT2D eigenvalue weighted by Gasteiger charge is -2.20. The maximum atomic E-state index is 12.8. The molecule has 0 amide bonds. The zero-order chi connectivity index (χ0) is 15.0. The molecule has 110 valence electrons. The monoisotopic (exact) mass is 301 g/mol. The third-order valence-corrected chi connectivity index (χ3v) is 5.41. The molecule has 1 atom stereocenters. The highest BCUT2D eigenvalue weighted by molar-refractivity contribution is 7.88. The molecule has 0 aliphatic carbocycles. The fraction of sp³-hybridized carbons (Fsp3) is 0.462. The number of rotatable bonds is 4. The molecule has 1 saturated heterocycles. The molecule has 2 rings (SSSR count). The molecule has 1 fully saturated rings. The molecule has 0 radical (unpaired) electrons. The molecule has 1 aliphatic rings. The Morgan fingerprint density at radius 2 is 2.00 bits per heavy atom. The second-order valence-corrected chi connectivity index (χ2v) is 7.30. The molecule has 0 spiro atoms. The van der Waals surface area contributed by atoms with Gasteiger partial charge in [0.05, 0.1) is 11.2 Å². The van der Waals surface area contributed by atoms with E-state index in [-0.39, 0.29) is 18.8 Å². The first-order valence-electron chi connectivity index (χ1n) is 6.19. The van der Waals surface area contributed by atoms with Crippen molar-refractivity contribution in [3.05, 3.63) is 35.6 Å². The Morgan fingerprint density at radius 3 is 2.50 bits per heavy atom. The third kappa shape index (κ3) is 2.99. The van der Waals surface area contributed by atoms with E-state index in [0.717, 1.165) is 0 Å². The first-order chi connectivity index (χ1) is 9.23. The minimum absolute atomic E-state index is 0.0220. The topological polar surface area (TPSA) is 74.7 Å². The van der Waals surface area contributed by atoms with Crippen molar-refractivity contribution < 1.29 is 22.7 Å². The summed E-state index contributed by atoms with van der Waals surface area (Å²) in [6.45, 7) is 1.72. The van der Waals surface area contributed by atoms with Gasteiger partial charge in [0.15, 0.2) is 0 Å². The molecule has 1 aromatic rings. The predicted molar refractivity (Wildman–Crippen MR) is 71.0 cm³/mol. The van der Waals surface area contributed by atoms with E-state index in [4.69, 9.17) is 5.11 Å². The Kier molecular flexibility index (Phi) is 3.84. The molecular formula is C13H16FNO4S.